The van der Waals surface area contributed by atoms with Crippen molar-refractivity contribution in [3.05, 3.63) is 4.91 Å². The quantitative estimate of drug-likeness (QED) is 0.0117. The van der Waals surface area contributed by atoms with E-state index in [9.17, 15) is 133 Å². The molecule has 46 nitrogen and oxygen atoms in total. The van der Waals surface area contributed by atoms with Crippen molar-refractivity contribution >= 4 is 116 Å². The Balaban J connectivity index is 4.39. The second-order valence-corrected chi connectivity index (χ2v) is 34.1. The van der Waals surface area contributed by atoms with Crippen LogP contribution in [0.4, 0.5) is 0 Å². The Hall–Kier alpha value is -7.12. The smallest absolute Gasteiger partial charge is 0.285 e. The highest BCUT2D eigenvalue weighted by molar-refractivity contribution is 7.86. The molecule has 0 aromatic rings. The van der Waals surface area contributed by atoms with E-state index in [2.05, 4.69) is 85.0 Å². The van der Waals surface area contributed by atoms with Crippen molar-refractivity contribution in [2.75, 3.05) is 68.7 Å². The number of aliphatic hydroxyl groups excluding tert-OH is 2. The summed E-state index contributed by atoms with van der Waals surface area (Å²) in [6.45, 7) is 8.47. The van der Waals surface area contributed by atoms with Crippen molar-refractivity contribution in [3.63, 3.8) is 0 Å². The van der Waals surface area contributed by atoms with Gasteiger partial charge in [0.1, 0.15) is 83.9 Å². The normalized spacial score (nSPS) is 21.1. The number of hydrogen-bond donors (Lipinski definition) is 22. The molecule has 1 rings (SSSR count). The minimum atomic E-state index is -4.99. The zero-order chi connectivity index (χ0) is 82.7. The molecule has 1 aliphatic heterocycles. The first-order chi connectivity index (χ1) is 49.8. The van der Waals surface area contributed by atoms with Gasteiger partial charge >= 0.3 is 0 Å². The number of nitroso groups, excluding NO2 is 1. The van der Waals surface area contributed by atoms with Gasteiger partial charge in [0.2, 0.25) is 65.0 Å². The molecular formula is C57H107N17O29S5. The molecule has 22 N–H and O–H groups in total. The highest BCUT2D eigenvalue weighted by Crippen LogP contribution is 2.14. The molecule has 11 amide bonds. The molecule has 1 heterocycles. The highest BCUT2D eigenvalue weighted by Gasteiger charge is 2.39. The third-order valence-electron chi connectivity index (χ3n) is 15.5. The van der Waals surface area contributed by atoms with E-state index in [4.69, 9.17) is 0 Å². The standard InChI is InChI=1S/C57H107N17O29S5/c1-32(2)11-9-10-12-45(77)63-37(13-19-58-27-104(89,90)91)52(82)72-47(36(8)76)57(87)68-39(15-21-60-29-106(95,96)97)48(78)66-41-17-23-62-56(86)46(35(7)75)71-53(83)40(16-22-61-30-107(98,99)100)65-51(81)42(18-24-74(73-88)31-108(101,102)103)67-54(84)43(25-33(3)4)70-55(85)44(26-34(5)6)69-50(80)38(64-49(41)79)14-20-59-28-105(92,93)94/h32-44,46-47,58-61,75-76H,9-31H2,1-8H3,(H,62,86)(H,63,77)(H,64,79)(H,65,81)(H,66,78)(H,67,84)(H,68,87)(H,69,80)(H,70,85)(H,71,83)(H,72,82)(H,89,90,91)(H,92,93,94)(H,95,96,97)(H,98,99,100)(H,101,102,103)/t35-,36-,37+,38+,39+,40+,41+,42+,43+,44-,46+,47+/m1/s1. The van der Waals surface area contributed by atoms with Gasteiger partial charge in [0.25, 0.3) is 50.6 Å². The molecule has 0 aliphatic carbocycles. The van der Waals surface area contributed by atoms with Gasteiger partial charge in [-0.2, -0.15) is 42.1 Å². The molecule has 0 saturated carbocycles. The number of carbonyl (C=O) groups is 11. The minimum Gasteiger partial charge on any atom is -0.391 e. The van der Waals surface area contributed by atoms with E-state index in [0.29, 0.717) is 12.8 Å². The molecule has 0 bridgehead atoms. The predicted molar refractivity (Wildman–Crippen MR) is 382 cm³/mol. The van der Waals surface area contributed by atoms with Crippen LogP contribution in [0.15, 0.2) is 5.29 Å². The lowest BCUT2D eigenvalue weighted by Crippen LogP contribution is -2.62. The van der Waals surface area contributed by atoms with Gasteiger partial charge in [0, 0.05) is 19.5 Å². The third-order valence-corrected chi connectivity index (χ3v) is 18.4. The Labute approximate surface area is 626 Å². The highest BCUT2D eigenvalue weighted by atomic mass is 32.2. The Bertz CT molecular complexity index is 3600. The fourth-order valence-electron chi connectivity index (χ4n) is 10.2. The Morgan fingerprint density at radius 2 is 0.880 bits per heavy atom. The van der Waals surface area contributed by atoms with Crippen molar-refractivity contribution < 1.29 is 128 Å². The first-order valence-electron chi connectivity index (χ1n) is 34.1. The molecule has 108 heavy (non-hydrogen) atoms. The second kappa shape index (κ2) is 47.8. The van der Waals surface area contributed by atoms with Crippen molar-refractivity contribution in [2.45, 2.75) is 205 Å². The first-order valence-corrected chi connectivity index (χ1v) is 42.2. The maximum Gasteiger partial charge on any atom is 0.285 e. The van der Waals surface area contributed by atoms with Crippen molar-refractivity contribution in [1.29, 1.82) is 0 Å². The molecule has 624 valence electrons. The Morgan fingerprint density at radius 3 is 1.29 bits per heavy atom. The van der Waals surface area contributed by atoms with E-state index in [0.717, 1.165) is 20.3 Å². The van der Waals surface area contributed by atoms with E-state index < -0.39 is 301 Å². The van der Waals surface area contributed by atoms with E-state index in [1.807, 2.05) is 13.8 Å². The van der Waals surface area contributed by atoms with Crippen LogP contribution in [0, 0.1) is 22.7 Å². The molecule has 51 heteroatoms. The average molecular weight is 1650 g/mol. The largest absolute Gasteiger partial charge is 0.391 e. The summed E-state index contributed by atoms with van der Waals surface area (Å²) in [6, 6.07) is -19.1. The average Bonchev–Trinajstić information content (AvgIpc) is 0.957. The van der Waals surface area contributed by atoms with Crippen LogP contribution < -0.4 is 79.8 Å². The molecule has 0 radical (unpaired) electrons. The monoisotopic (exact) mass is 1650 g/mol. The predicted octanol–water partition coefficient (Wildman–Crippen LogP) is -8.06. The lowest BCUT2D eigenvalue weighted by molar-refractivity contribution is -0.137. The summed E-state index contributed by atoms with van der Waals surface area (Å²) in [5.41, 5.74) is 0. The van der Waals surface area contributed by atoms with Crippen LogP contribution in [0.1, 0.15) is 132 Å². The molecule has 12 atom stereocenters. The first kappa shape index (κ1) is 98.9. The van der Waals surface area contributed by atoms with Gasteiger partial charge in [-0.1, -0.05) is 54.4 Å². The summed E-state index contributed by atoms with van der Waals surface area (Å²) < 4.78 is 164. The molecule has 0 unspecified atom stereocenters. The Morgan fingerprint density at radius 1 is 0.472 bits per heavy atom. The Kier molecular flexibility index (Phi) is 43.8. The molecular weight excluding hydrogens is 1550 g/mol. The van der Waals surface area contributed by atoms with E-state index in [1.54, 1.807) is 27.7 Å². The lowest BCUT2D eigenvalue weighted by Gasteiger charge is -2.29. The fourth-order valence-corrected chi connectivity index (χ4v) is 12.3. The summed E-state index contributed by atoms with van der Waals surface area (Å²) in [4.78, 5) is 170. The number of nitrogens with one attached hydrogen (secondary N) is 15. The molecule has 1 saturated heterocycles. The summed E-state index contributed by atoms with van der Waals surface area (Å²) in [7, 11) is -23.9. The molecule has 1 fully saturated rings. The summed E-state index contributed by atoms with van der Waals surface area (Å²) in [5, 5.41) is 59.6. The van der Waals surface area contributed by atoms with Crippen LogP contribution in [0.2, 0.25) is 0 Å². The van der Waals surface area contributed by atoms with Crippen molar-refractivity contribution in [2.24, 2.45) is 23.0 Å². The van der Waals surface area contributed by atoms with Gasteiger partial charge in [-0.25, -0.2) is 5.01 Å². The molecule has 1 aliphatic rings. The zero-order valence-corrected chi connectivity index (χ0v) is 65.1. The fraction of sp³-hybridized carbons (Fsp3) is 0.807. The van der Waals surface area contributed by atoms with Crippen LogP contribution in [-0.4, -0.2) is 286 Å². The van der Waals surface area contributed by atoms with E-state index in [1.165, 1.54) is 0 Å². The maximum absolute atomic E-state index is 14.9. The molecule has 0 spiro atoms. The topological polar surface area (TPSA) is 713 Å². The number of aliphatic hydroxyl groups is 2. The summed E-state index contributed by atoms with van der Waals surface area (Å²) in [5.74, 6) is -20.2. The molecule has 0 aromatic carbocycles. The number of amides is 11. The van der Waals surface area contributed by atoms with Crippen LogP contribution in [0.5, 0.6) is 0 Å². The van der Waals surface area contributed by atoms with E-state index >= 15 is 0 Å². The lowest BCUT2D eigenvalue weighted by atomic mass is 9.99. The second-order valence-electron chi connectivity index (χ2n) is 26.9. The van der Waals surface area contributed by atoms with Gasteiger partial charge in [-0.3, -0.25) is 75.5 Å². The summed E-state index contributed by atoms with van der Waals surface area (Å²) >= 11 is 0. The number of rotatable bonds is 44. The van der Waals surface area contributed by atoms with Crippen LogP contribution >= 0.6 is 0 Å². The summed E-state index contributed by atoms with van der Waals surface area (Å²) in [6.07, 6.45) is -6.73. The van der Waals surface area contributed by atoms with Gasteiger partial charge in [0.05, 0.1) is 17.5 Å². The number of hydrogen-bond acceptors (Lipinski definition) is 29. The van der Waals surface area contributed by atoms with Crippen LogP contribution in [0.3, 0.4) is 0 Å². The van der Waals surface area contributed by atoms with Gasteiger partial charge in [-0.05, 0) is 116 Å². The van der Waals surface area contributed by atoms with Crippen LogP contribution in [0.25, 0.3) is 0 Å². The number of nitrogens with zero attached hydrogens (tertiary/aromatic N) is 2. The van der Waals surface area contributed by atoms with Crippen molar-refractivity contribution in [1.82, 2.24) is 84.8 Å². The third kappa shape index (κ3) is 44.5. The van der Waals surface area contributed by atoms with Crippen molar-refractivity contribution in [3.8, 4) is 0 Å². The van der Waals surface area contributed by atoms with Gasteiger partial charge in [-0.15, -0.1) is 4.91 Å². The number of carbonyl (C=O) groups excluding carboxylic acids is 11. The van der Waals surface area contributed by atoms with Gasteiger partial charge < -0.3 is 90.0 Å². The molecule has 0 aromatic heterocycles. The van der Waals surface area contributed by atoms with Crippen LogP contribution in [-0.2, 0) is 103 Å². The maximum atomic E-state index is 14.9. The van der Waals surface area contributed by atoms with Gasteiger partial charge in [0.15, 0.2) is 5.88 Å². The number of unbranched alkanes of at least 4 members (excludes halogenated alkanes) is 1. The SMILES string of the molecule is CC(C)CCCCC(=O)N[C@@H](CCNCS(=O)(=O)O)C(=O)N[C@H](C(=O)N[C@@H](CCNCS(=O)(=O)O)C(=O)N[C@H]1CCNC(=O)[C@H]([C@@H](C)O)NC(=O)[C@H](CCNCS(=O)(=O)O)NC(=O)[C@H](CCN(CS(=O)(=O)O)N=O)NC(=O)[C@H](CC(C)C)NC(=O)[C@@H](CC(C)C)NC(=O)[C@H](CCNCS(=O)(=O)O)NC1=O)[C@@H](C)O. The van der Waals surface area contributed by atoms with E-state index in [-0.39, 0.29) is 36.7 Å². The zero-order valence-electron chi connectivity index (χ0n) is 61.0. The minimum absolute atomic E-state index is 0.0962.